The molecule has 0 aliphatic rings. The van der Waals surface area contributed by atoms with Gasteiger partial charge in [0.15, 0.2) is 0 Å². The van der Waals surface area contributed by atoms with E-state index in [-0.39, 0.29) is 26.4 Å². The van der Waals surface area contributed by atoms with Crippen LogP contribution in [0.2, 0.25) is 0 Å². The van der Waals surface area contributed by atoms with E-state index in [4.69, 9.17) is 46.0 Å². The van der Waals surface area contributed by atoms with E-state index in [0.29, 0.717) is 39.3 Å². The van der Waals surface area contributed by atoms with Crippen molar-refractivity contribution in [3.8, 4) is 0 Å². The molecule has 9 N–H and O–H groups in total. The van der Waals surface area contributed by atoms with E-state index >= 15 is 0 Å². The van der Waals surface area contributed by atoms with Crippen molar-refractivity contribution in [2.45, 2.75) is 18.3 Å². The Hall–Kier alpha value is -0.440. The van der Waals surface area contributed by atoms with Crippen molar-refractivity contribution in [2.75, 3.05) is 78.9 Å². The molecular weight excluding hydrogens is 352 g/mol. The van der Waals surface area contributed by atoms with Crippen LogP contribution in [0.15, 0.2) is 0 Å². The SMILES string of the molecule is OCCN(CCO)CCN(CCO)CCO.OC[C@@H](O)C(O)[C@@H](O)CO. The maximum atomic E-state index is 8.82. The fourth-order valence-electron chi connectivity index (χ4n) is 1.99. The lowest BCUT2D eigenvalue weighted by Crippen LogP contribution is -2.41. The van der Waals surface area contributed by atoms with Crippen LogP contribution < -0.4 is 0 Å². The summed E-state index contributed by atoms with van der Waals surface area (Å²) in [4.78, 5) is 3.89. The van der Waals surface area contributed by atoms with Crippen molar-refractivity contribution in [3.05, 3.63) is 0 Å². The van der Waals surface area contributed by atoms with Crippen LogP contribution >= 0.6 is 0 Å². The van der Waals surface area contributed by atoms with Gasteiger partial charge in [-0.1, -0.05) is 0 Å². The molecule has 0 aliphatic carbocycles. The molecule has 1 unspecified atom stereocenters. The minimum atomic E-state index is -1.49. The molecule has 0 spiro atoms. The highest BCUT2D eigenvalue weighted by Crippen LogP contribution is 1.98. The molecule has 11 nitrogen and oxygen atoms in total. The van der Waals surface area contributed by atoms with Crippen LogP contribution in [-0.4, -0.2) is 153 Å². The van der Waals surface area contributed by atoms with Gasteiger partial charge in [0.05, 0.1) is 39.6 Å². The molecule has 0 saturated heterocycles. The second kappa shape index (κ2) is 19.3. The van der Waals surface area contributed by atoms with Gasteiger partial charge in [-0.25, -0.2) is 0 Å². The van der Waals surface area contributed by atoms with Crippen LogP contribution in [0.25, 0.3) is 0 Å². The Kier molecular flexibility index (Phi) is 20.6. The van der Waals surface area contributed by atoms with E-state index in [0.717, 1.165) is 0 Å². The van der Waals surface area contributed by atoms with Crippen molar-refractivity contribution >= 4 is 0 Å². The number of aliphatic hydroxyl groups is 9. The minimum Gasteiger partial charge on any atom is -0.395 e. The van der Waals surface area contributed by atoms with Crippen molar-refractivity contribution in [1.29, 1.82) is 0 Å². The Morgan fingerprint density at radius 3 is 0.923 bits per heavy atom. The molecule has 160 valence electrons. The molecule has 0 amide bonds. The lowest BCUT2D eigenvalue weighted by atomic mass is 10.1. The lowest BCUT2D eigenvalue weighted by Gasteiger charge is -2.25. The van der Waals surface area contributed by atoms with E-state index in [2.05, 4.69) is 0 Å². The van der Waals surface area contributed by atoms with Gasteiger partial charge >= 0.3 is 0 Å². The highest BCUT2D eigenvalue weighted by Gasteiger charge is 2.22. The van der Waals surface area contributed by atoms with E-state index in [9.17, 15) is 0 Å². The zero-order valence-electron chi connectivity index (χ0n) is 15.1. The molecule has 3 atom stereocenters. The lowest BCUT2D eigenvalue weighted by molar-refractivity contribution is -0.0900. The quantitative estimate of drug-likeness (QED) is 0.130. The molecule has 0 saturated carbocycles. The van der Waals surface area contributed by atoms with E-state index in [1.807, 2.05) is 9.80 Å². The summed E-state index contributed by atoms with van der Waals surface area (Å²) in [5, 5.41) is 77.8. The van der Waals surface area contributed by atoms with E-state index in [1.165, 1.54) is 0 Å². The van der Waals surface area contributed by atoms with Crippen LogP contribution in [0.4, 0.5) is 0 Å². The van der Waals surface area contributed by atoms with Crippen molar-refractivity contribution < 1.29 is 46.0 Å². The maximum absolute atomic E-state index is 8.82. The zero-order valence-corrected chi connectivity index (χ0v) is 15.1. The topological polar surface area (TPSA) is 189 Å². The summed E-state index contributed by atoms with van der Waals surface area (Å²) in [5.41, 5.74) is 0. The molecule has 0 aromatic carbocycles. The summed E-state index contributed by atoms with van der Waals surface area (Å²) in [7, 11) is 0. The molecule has 0 aromatic heterocycles. The van der Waals surface area contributed by atoms with Crippen molar-refractivity contribution in [3.63, 3.8) is 0 Å². The van der Waals surface area contributed by atoms with Gasteiger partial charge in [-0.05, 0) is 0 Å². The smallest absolute Gasteiger partial charge is 0.110 e. The summed E-state index contributed by atoms with van der Waals surface area (Å²) >= 11 is 0. The molecule has 26 heavy (non-hydrogen) atoms. The molecule has 0 rings (SSSR count). The largest absolute Gasteiger partial charge is 0.395 e. The number of aliphatic hydroxyl groups excluding tert-OH is 9. The summed E-state index contributed by atoms with van der Waals surface area (Å²) in [6, 6.07) is 0. The van der Waals surface area contributed by atoms with Gasteiger partial charge in [0.1, 0.15) is 18.3 Å². The molecular formula is C15H36N2O9. The average Bonchev–Trinajstić information content (AvgIpc) is 2.65. The zero-order chi connectivity index (χ0) is 20.4. The normalized spacial score (nSPS) is 14.9. The van der Waals surface area contributed by atoms with Crippen LogP contribution in [0.1, 0.15) is 0 Å². The number of hydrogen-bond donors (Lipinski definition) is 9. The highest BCUT2D eigenvalue weighted by molar-refractivity contribution is 4.73. The van der Waals surface area contributed by atoms with Gasteiger partial charge in [-0.15, -0.1) is 0 Å². The molecule has 11 heteroatoms. The van der Waals surface area contributed by atoms with Gasteiger partial charge in [0.25, 0.3) is 0 Å². The standard InChI is InChI=1S/C10H24N2O4.C5H12O5/c13-7-3-11(4-8-14)1-2-12(5-9-15)6-10-16;6-1-3(8)5(10)4(9)2-7/h13-16H,1-10H2;3-10H,1-2H2/t;3-,4+,5?. The van der Waals surface area contributed by atoms with E-state index < -0.39 is 31.5 Å². The van der Waals surface area contributed by atoms with Gasteiger partial charge in [0.2, 0.25) is 0 Å². The third-order valence-corrected chi connectivity index (χ3v) is 3.56. The van der Waals surface area contributed by atoms with Crippen LogP contribution in [-0.2, 0) is 0 Å². The Bertz CT molecular complexity index is 252. The summed E-state index contributed by atoms with van der Waals surface area (Å²) in [5.74, 6) is 0. The van der Waals surface area contributed by atoms with Crippen LogP contribution in [0.5, 0.6) is 0 Å². The van der Waals surface area contributed by atoms with Gasteiger partial charge in [-0.2, -0.15) is 0 Å². The first-order chi connectivity index (χ1) is 12.4. The third-order valence-electron chi connectivity index (χ3n) is 3.56. The fraction of sp³-hybridized carbons (Fsp3) is 1.00. The Balaban J connectivity index is 0. The molecule has 0 bridgehead atoms. The predicted octanol–water partition coefficient (Wildman–Crippen LogP) is -5.39. The molecule has 0 fully saturated rings. The molecule has 0 radical (unpaired) electrons. The van der Waals surface area contributed by atoms with Crippen LogP contribution in [0.3, 0.4) is 0 Å². The van der Waals surface area contributed by atoms with E-state index in [1.54, 1.807) is 0 Å². The summed E-state index contributed by atoms with van der Waals surface area (Å²) < 4.78 is 0. The first-order valence-corrected chi connectivity index (χ1v) is 8.55. The van der Waals surface area contributed by atoms with Crippen molar-refractivity contribution in [2.24, 2.45) is 0 Å². The van der Waals surface area contributed by atoms with Crippen LogP contribution in [0, 0.1) is 0 Å². The molecule has 0 aliphatic heterocycles. The second-order valence-electron chi connectivity index (χ2n) is 5.57. The van der Waals surface area contributed by atoms with Gasteiger partial charge in [0, 0.05) is 39.3 Å². The maximum Gasteiger partial charge on any atom is 0.110 e. The van der Waals surface area contributed by atoms with Gasteiger partial charge in [-0.3, -0.25) is 9.80 Å². The highest BCUT2D eigenvalue weighted by atomic mass is 16.4. The Morgan fingerprint density at radius 2 is 0.731 bits per heavy atom. The predicted molar refractivity (Wildman–Crippen MR) is 93.4 cm³/mol. The Morgan fingerprint density at radius 1 is 0.462 bits per heavy atom. The second-order valence-corrected chi connectivity index (χ2v) is 5.57. The summed E-state index contributed by atoms with van der Waals surface area (Å²) in [6.45, 7) is 2.55. The summed E-state index contributed by atoms with van der Waals surface area (Å²) in [6.07, 6.45) is -4.29. The average molecular weight is 388 g/mol. The first-order valence-electron chi connectivity index (χ1n) is 8.55. The monoisotopic (exact) mass is 388 g/mol. The minimum absolute atomic E-state index is 0.0694. The van der Waals surface area contributed by atoms with Gasteiger partial charge < -0.3 is 46.0 Å². The number of hydrogen-bond acceptors (Lipinski definition) is 11. The Labute approximate surface area is 154 Å². The molecule has 0 aromatic rings. The molecule has 0 heterocycles. The number of rotatable bonds is 15. The third kappa shape index (κ3) is 14.7. The van der Waals surface area contributed by atoms with Crippen molar-refractivity contribution in [1.82, 2.24) is 9.80 Å². The number of nitrogens with zero attached hydrogens (tertiary/aromatic N) is 2. The first kappa shape index (κ1) is 27.8. The fourth-order valence-corrected chi connectivity index (χ4v) is 1.99.